The number of rotatable bonds is 3. The Morgan fingerprint density at radius 3 is 3.27 bits per heavy atom. The van der Waals surface area contributed by atoms with Crippen LogP contribution in [0.25, 0.3) is 10.2 Å². The van der Waals surface area contributed by atoms with Gasteiger partial charge in [-0.15, -0.1) is 23.7 Å². The highest BCUT2D eigenvalue weighted by Gasteiger charge is 2.06. The van der Waals surface area contributed by atoms with Gasteiger partial charge < -0.3 is 5.32 Å². The van der Waals surface area contributed by atoms with Crippen LogP contribution in [0.1, 0.15) is 13.3 Å². The van der Waals surface area contributed by atoms with Crippen molar-refractivity contribution in [2.75, 3.05) is 5.32 Å². The topological polar surface area (TPSA) is 37.8 Å². The number of terminal acetylenes is 1. The molecule has 0 aliphatic heterocycles. The Bertz CT molecular complexity index is 498. The van der Waals surface area contributed by atoms with E-state index in [1.165, 1.54) is 0 Å². The van der Waals surface area contributed by atoms with Gasteiger partial charge in [-0.25, -0.2) is 9.97 Å². The van der Waals surface area contributed by atoms with Crippen LogP contribution in [0.5, 0.6) is 0 Å². The van der Waals surface area contributed by atoms with Gasteiger partial charge in [0.1, 0.15) is 17.0 Å². The Hall–Kier alpha value is -1.60. The van der Waals surface area contributed by atoms with Crippen molar-refractivity contribution < 1.29 is 0 Å². The van der Waals surface area contributed by atoms with Gasteiger partial charge in [0.05, 0.1) is 5.39 Å². The van der Waals surface area contributed by atoms with Gasteiger partial charge in [-0.2, -0.15) is 0 Å². The minimum absolute atomic E-state index is 0.230. The fourth-order valence-electron chi connectivity index (χ4n) is 1.37. The van der Waals surface area contributed by atoms with E-state index < -0.39 is 0 Å². The Morgan fingerprint density at radius 1 is 1.60 bits per heavy atom. The number of anilines is 1. The molecule has 2 heterocycles. The summed E-state index contributed by atoms with van der Waals surface area (Å²) in [7, 11) is 0. The summed E-state index contributed by atoms with van der Waals surface area (Å²) in [5, 5.41) is 6.36. The minimum Gasteiger partial charge on any atom is -0.366 e. The second-order valence-electron chi connectivity index (χ2n) is 3.32. The Morgan fingerprint density at radius 2 is 2.47 bits per heavy atom. The van der Waals surface area contributed by atoms with Crippen molar-refractivity contribution in [3.05, 3.63) is 17.8 Å². The number of nitrogens with one attached hydrogen (secondary N) is 1. The van der Waals surface area contributed by atoms with E-state index >= 15 is 0 Å². The maximum atomic E-state index is 5.26. The van der Waals surface area contributed by atoms with Gasteiger partial charge in [0, 0.05) is 12.5 Å². The fraction of sp³-hybridized carbons (Fsp3) is 0.273. The smallest absolute Gasteiger partial charge is 0.138 e. The zero-order valence-corrected chi connectivity index (χ0v) is 9.21. The van der Waals surface area contributed by atoms with Crippen LogP contribution >= 0.6 is 11.3 Å². The molecule has 0 saturated carbocycles. The average molecular weight is 217 g/mol. The van der Waals surface area contributed by atoms with E-state index in [9.17, 15) is 0 Å². The summed E-state index contributed by atoms with van der Waals surface area (Å²) >= 11 is 1.61. The predicted octanol–water partition coefficient (Wildman–Crippen LogP) is 2.52. The first kappa shape index (κ1) is 9.94. The highest BCUT2D eigenvalue weighted by Crippen LogP contribution is 2.24. The van der Waals surface area contributed by atoms with Crippen LogP contribution in [-0.2, 0) is 0 Å². The van der Waals surface area contributed by atoms with Gasteiger partial charge in [0.25, 0.3) is 0 Å². The Kier molecular flexibility index (Phi) is 2.84. The van der Waals surface area contributed by atoms with E-state index in [1.807, 2.05) is 18.4 Å². The molecule has 0 saturated heterocycles. The molecule has 1 atom stereocenters. The summed E-state index contributed by atoms with van der Waals surface area (Å²) in [5.41, 5.74) is 0. The highest BCUT2D eigenvalue weighted by atomic mass is 32.1. The number of aromatic nitrogens is 2. The van der Waals surface area contributed by atoms with E-state index in [1.54, 1.807) is 17.7 Å². The van der Waals surface area contributed by atoms with Crippen molar-refractivity contribution >= 4 is 27.4 Å². The molecule has 0 aliphatic rings. The lowest BCUT2D eigenvalue weighted by atomic mass is 10.2. The Balaban J connectivity index is 2.28. The number of nitrogens with zero attached hydrogens (tertiary/aromatic N) is 2. The number of thiophene rings is 1. The molecular weight excluding hydrogens is 206 g/mol. The molecule has 0 amide bonds. The van der Waals surface area contributed by atoms with Crippen molar-refractivity contribution in [2.45, 2.75) is 19.4 Å². The highest BCUT2D eigenvalue weighted by molar-refractivity contribution is 7.16. The summed E-state index contributed by atoms with van der Waals surface area (Å²) in [6.45, 7) is 2.04. The maximum Gasteiger partial charge on any atom is 0.138 e. The molecule has 0 bridgehead atoms. The Labute approximate surface area is 92.6 Å². The van der Waals surface area contributed by atoms with E-state index in [2.05, 4.69) is 21.2 Å². The molecule has 0 fully saturated rings. The standard InChI is InChI=1S/C11H11N3S/c1-3-4-8(2)14-10-9-5-6-15-11(9)13-7-12-10/h1,5-8H,4H2,2H3,(H,12,13,14). The molecule has 1 N–H and O–H groups in total. The van der Waals surface area contributed by atoms with Crippen LogP contribution in [0.2, 0.25) is 0 Å². The first-order chi connectivity index (χ1) is 7.31. The van der Waals surface area contributed by atoms with Crippen LogP contribution in [-0.4, -0.2) is 16.0 Å². The third-order valence-electron chi connectivity index (χ3n) is 2.07. The third-order valence-corrected chi connectivity index (χ3v) is 2.89. The zero-order valence-electron chi connectivity index (χ0n) is 8.40. The average Bonchev–Trinajstić information content (AvgIpc) is 2.67. The van der Waals surface area contributed by atoms with Gasteiger partial charge in [-0.1, -0.05) is 0 Å². The second kappa shape index (κ2) is 4.28. The van der Waals surface area contributed by atoms with Crippen LogP contribution in [0.3, 0.4) is 0 Å². The molecule has 1 unspecified atom stereocenters. The lowest BCUT2D eigenvalue weighted by Crippen LogP contribution is -2.15. The molecule has 0 aromatic carbocycles. The first-order valence-electron chi connectivity index (χ1n) is 4.69. The van der Waals surface area contributed by atoms with Gasteiger partial charge in [0.15, 0.2) is 0 Å². The van der Waals surface area contributed by atoms with Crippen LogP contribution in [0.15, 0.2) is 17.8 Å². The van der Waals surface area contributed by atoms with Crippen molar-refractivity contribution in [3.8, 4) is 12.3 Å². The molecule has 0 aliphatic carbocycles. The van der Waals surface area contributed by atoms with E-state index in [4.69, 9.17) is 6.42 Å². The summed E-state index contributed by atoms with van der Waals surface area (Å²) in [6, 6.07) is 2.25. The number of fused-ring (bicyclic) bond motifs is 1. The minimum atomic E-state index is 0.230. The summed E-state index contributed by atoms with van der Waals surface area (Å²) in [5.74, 6) is 3.49. The maximum absolute atomic E-state index is 5.26. The zero-order chi connectivity index (χ0) is 10.7. The van der Waals surface area contributed by atoms with Crippen molar-refractivity contribution in [1.82, 2.24) is 9.97 Å². The molecule has 2 aromatic rings. The molecule has 0 spiro atoms. The van der Waals surface area contributed by atoms with Crippen molar-refractivity contribution in [1.29, 1.82) is 0 Å². The van der Waals surface area contributed by atoms with Gasteiger partial charge in [-0.3, -0.25) is 0 Å². The van der Waals surface area contributed by atoms with Gasteiger partial charge >= 0.3 is 0 Å². The molecule has 76 valence electrons. The quantitative estimate of drug-likeness (QED) is 0.803. The lowest BCUT2D eigenvalue weighted by Gasteiger charge is -2.11. The summed E-state index contributed by atoms with van der Waals surface area (Å²) < 4.78 is 0. The lowest BCUT2D eigenvalue weighted by molar-refractivity contribution is 0.823. The molecule has 2 aromatic heterocycles. The molecule has 0 radical (unpaired) electrons. The van der Waals surface area contributed by atoms with Crippen molar-refractivity contribution in [2.24, 2.45) is 0 Å². The molecule has 3 nitrogen and oxygen atoms in total. The molecule has 2 rings (SSSR count). The monoisotopic (exact) mass is 217 g/mol. The van der Waals surface area contributed by atoms with E-state index in [0.717, 1.165) is 16.0 Å². The largest absolute Gasteiger partial charge is 0.366 e. The molecular formula is C11H11N3S. The van der Waals surface area contributed by atoms with Gasteiger partial charge in [-0.05, 0) is 18.4 Å². The molecule has 4 heteroatoms. The van der Waals surface area contributed by atoms with Gasteiger partial charge in [0.2, 0.25) is 0 Å². The second-order valence-corrected chi connectivity index (χ2v) is 4.21. The van der Waals surface area contributed by atoms with Crippen LogP contribution in [0, 0.1) is 12.3 Å². The van der Waals surface area contributed by atoms with Crippen LogP contribution < -0.4 is 5.32 Å². The summed E-state index contributed by atoms with van der Waals surface area (Å²) in [4.78, 5) is 9.40. The predicted molar refractivity (Wildman–Crippen MR) is 63.9 cm³/mol. The van der Waals surface area contributed by atoms with E-state index in [-0.39, 0.29) is 6.04 Å². The van der Waals surface area contributed by atoms with Crippen LogP contribution in [0.4, 0.5) is 5.82 Å². The fourth-order valence-corrected chi connectivity index (χ4v) is 2.10. The third kappa shape index (κ3) is 2.08. The SMILES string of the molecule is C#CCC(C)Nc1ncnc2sccc12. The summed E-state index contributed by atoms with van der Waals surface area (Å²) in [6.07, 6.45) is 7.52. The first-order valence-corrected chi connectivity index (χ1v) is 5.57. The number of hydrogen-bond donors (Lipinski definition) is 1. The van der Waals surface area contributed by atoms with Crippen molar-refractivity contribution in [3.63, 3.8) is 0 Å². The van der Waals surface area contributed by atoms with E-state index in [0.29, 0.717) is 6.42 Å². The normalized spacial score (nSPS) is 12.3. The number of hydrogen-bond acceptors (Lipinski definition) is 4. The molecule has 15 heavy (non-hydrogen) atoms.